The quantitative estimate of drug-likeness (QED) is 0.420. The Kier molecular flexibility index (Phi) is 6.79. The normalized spacial score (nSPS) is 10.9. The van der Waals surface area contributed by atoms with Crippen molar-refractivity contribution in [3.8, 4) is 11.5 Å². The van der Waals surface area contributed by atoms with Crippen molar-refractivity contribution in [2.24, 2.45) is 0 Å². The van der Waals surface area contributed by atoms with E-state index in [-0.39, 0.29) is 22.5 Å². The van der Waals surface area contributed by atoms with Gasteiger partial charge in [0.2, 0.25) is 5.91 Å². The van der Waals surface area contributed by atoms with Crippen LogP contribution in [0.2, 0.25) is 5.02 Å². The number of amides is 1. The molecule has 0 heterocycles. The second-order valence-electron chi connectivity index (χ2n) is 5.82. The van der Waals surface area contributed by atoms with Gasteiger partial charge in [0.15, 0.2) is 11.5 Å². The molecule has 0 spiro atoms. The number of hydrogen-bond acceptors (Lipinski definition) is 5. The summed E-state index contributed by atoms with van der Waals surface area (Å²) < 4.78 is 10.9. The SMILES string of the molecule is COc1cc(/C=C/C(=O)Nc2ccc(Cl)c([N+](=O)[O-])c2)ccc1OC(C)C. The summed E-state index contributed by atoms with van der Waals surface area (Å²) in [5.41, 5.74) is 0.739. The van der Waals surface area contributed by atoms with Gasteiger partial charge in [-0.1, -0.05) is 17.7 Å². The number of carbonyl (C=O) groups excluding carboxylic acids is 1. The van der Waals surface area contributed by atoms with Crippen LogP contribution in [-0.4, -0.2) is 24.0 Å². The maximum atomic E-state index is 12.1. The predicted molar refractivity (Wildman–Crippen MR) is 105 cm³/mol. The Morgan fingerprint density at radius 3 is 2.59 bits per heavy atom. The molecule has 27 heavy (non-hydrogen) atoms. The summed E-state index contributed by atoms with van der Waals surface area (Å²) in [7, 11) is 1.54. The van der Waals surface area contributed by atoms with Crippen molar-refractivity contribution < 1.29 is 19.2 Å². The molecule has 0 aliphatic heterocycles. The summed E-state index contributed by atoms with van der Waals surface area (Å²) in [6.07, 6.45) is 2.92. The minimum atomic E-state index is -0.610. The highest BCUT2D eigenvalue weighted by atomic mass is 35.5. The number of rotatable bonds is 7. The van der Waals surface area contributed by atoms with Crippen molar-refractivity contribution in [2.45, 2.75) is 20.0 Å². The number of nitrogens with one attached hydrogen (secondary N) is 1. The van der Waals surface area contributed by atoms with Gasteiger partial charge in [-0.2, -0.15) is 0 Å². The molecule has 2 aromatic carbocycles. The number of benzene rings is 2. The molecular formula is C19H19ClN2O5. The van der Waals surface area contributed by atoms with Crippen LogP contribution in [0.25, 0.3) is 6.08 Å². The molecule has 0 bridgehead atoms. The topological polar surface area (TPSA) is 90.7 Å². The standard InChI is InChI=1S/C19H19ClN2O5/c1-12(2)27-17-8-4-13(10-18(17)26-3)5-9-19(23)21-14-6-7-15(20)16(11-14)22(24)25/h4-12H,1-3H3,(H,21,23)/b9-5+. The number of nitro benzene ring substituents is 1. The summed E-state index contributed by atoms with van der Waals surface area (Å²) in [5, 5.41) is 13.5. The van der Waals surface area contributed by atoms with E-state index in [9.17, 15) is 14.9 Å². The highest BCUT2D eigenvalue weighted by Gasteiger charge is 2.13. The number of nitro groups is 1. The maximum Gasteiger partial charge on any atom is 0.289 e. The van der Waals surface area contributed by atoms with Crippen molar-refractivity contribution in [1.29, 1.82) is 0 Å². The highest BCUT2D eigenvalue weighted by Crippen LogP contribution is 2.30. The summed E-state index contributed by atoms with van der Waals surface area (Å²) >= 11 is 5.75. The molecule has 7 nitrogen and oxygen atoms in total. The minimum absolute atomic E-state index is 0.00402. The summed E-state index contributed by atoms with van der Waals surface area (Å²) in [6.45, 7) is 3.83. The number of nitrogens with zero attached hydrogens (tertiary/aromatic N) is 1. The van der Waals surface area contributed by atoms with E-state index in [1.165, 1.54) is 31.4 Å². The number of methoxy groups -OCH3 is 1. The third kappa shape index (κ3) is 5.72. The third-order valence-corrected chi connectivity index (χ3v) is 3.71. The summed E-state index contributed by atoms with van der Waals surface area (Å²) in [6, 6.07) is 9.35. The first-order valence-electron chi connectivity index (χ1n) is 8.08. The van der Waals surface area contributed by atoms with Gasteiger partial charge >= 0.3 is 0 Å². The lowest BCUT2D eigenvalue weighted by atomic mass is 10.2. The van der Waals surface area contributed by atoms with Gasteiger partial charge in [-0.15, -0.1) is 0 Å². The third-order valence-electron chi connectivity index (χ3n) is 3.39. The number of ether oxygens (including phenoxy) is 2. The Labute approximate surface area is 161 Å². The zero-order valence-electron chi connectivity index (χ0n) is 15.1. The number of hydrogen-bond donors (Lipinski definition) is 1. The van der Waals surface area contributed by atoms with Crippen molar-refractivity contribution in [3.05, 3.63) is 63.2 Å². The fraction of sp³-hybridized carbons (Fsp3) is 0.211. The van der Waals surface area contributed by atoms with Gasteiger partial charge in [0.1, 0.15) is 5.02 Å². The van der Waals surface area contributed by atoms with E-state index in [1.54, 1.807) is 24.3 Å². The van der Waals surface area contributed by atoms with E-state index in [4.69, 9.17) is 21.1 Å². The number of carbonyl (C=O) groups is 1. The van der Waals surface area contributed by atoms with E-state index >= 15 is 0 Å². The zero-order chi connectivity index (χ0) is 20.0. The molecule has 0 aliphatic rings. The smallest absolute Gasteiger partial charge is 0.289 e. The first-order valence-corrected chi connectivity index (χ1v) is 8.45. The second-order valence-corrected chi connectivity index (χ2v) is 6.23. The second kappa shape index (κ2) is 9.05. The van der Waals surface area contributed by atoms with Crippen LogP contribution in [0.4, 0.5) is 11.4 Å². The van der Waals surface area contributed by atoms with E-state index in [0.29, 0.717) is 11.5 Å². The van der Waals surface area contributed by atoms with Gasteiger partial charge in [0, 0.05) is 17.8 Å². The molecule has 0 saturated carbocycles. The molecule has 0 fully saturated rings. The van der Waals surface area contributed by atoms with Crippen LogP contribution in [0.15, 0.2) is 42.5 Å². The monoisotopic (exact) mass is 390 g/mol. The van der Waals surface area contributed by atoms with Crippen LogP contribution in [0, 0.1) is 10.1 Å². The molecule has 0 saturated heterocycles. The van der Waals surface area contributed by atoms with Gasteiger partial charge in [0.25, 0.3) is 5.69 Å². The van der Waals surface area contributed by atoms with Crippen LogP contribution >= 0.6 is 11.6 Å². The number of anilines is 1. The lowest BCUT2D eigenvalue weighted by Crippen LogP contribution is -2.08. The summed E-state index contributed by atoms with van der Waals surface area (Å²) in [5.74, 6) is 0.732. The van der Waals surface area contributed by atoms with Crippen LogP contribution in [0.3, 0.4) is 0 Å². The first kappa shape index (κ1) is 20.3. The van der Waals surface area contributed by atoms with E-state index in [2.05, 4.69) is 5.32 Å². The minimum Gasteiger partial charge on any atom is -0.493 e. The zero-order valence-corrected chi connectivity index (χ0v) is 15.8. The molecule has 0 atom stereocenters. The summed E-state index contributed by atoms with van der Waals surface area (Å²) in [4.78, 5) is 22.3. The van der Waals surface area contributed by atoms with E-state index in [0.717, 1.165) is 5.56 Å². The molecule has 2 rings (SSSR count). The largest absolute Gasteiger partial charge is 0.493 e. The van der Waals surface area contributed by atoms with Crippen molar-refractivity contribution in [1.82, 2.24) is 0 Å². The Morgan fingerprint density at radius 2 is 1.96 bits per heavy atom. The van der Waals surface area contributed by atoms with Crippen LogP contribution in [-0.2, 0) is 4.79 Å². The van der Waals surface area contributed by atoms with Crippen LogP contribution in [0.1, 0.15) is 19.4 Å². The van der Waals surface area contributed by atoms with Crippen molar-refractivity contribution in [2.75, 3.05) is 12.4 Å². The molecule has 0 radical (unpaired) electrons. The fourth-order valence-corrected chi connectivity index (χ4v) is 2.41. The fourth-order valence-electron chi connectivity index (χ4n) is 2.23. The molecule has 1 amide bonds. The van der Waals surface area contributed by atoms with Gasteiger partial charge in [-0.25, -0.2) is 0 Å². The average molecular weight is 391 g/mol. The van der Waals surface area contributed by atoms with Crippen molar-refractivity contribution >= 4 is 35.0 Å². The van der Waals surface area contributed by atoms with Crippen LogP contribution in [0.5, 0.6) is 11.5 Å². The molecule has 1 N–H and O–H groups in total. The predicted octanol–water partition coefficient (Wildman–Crippen LogP) is 4.70. The van der Waals surface area contributed by atoms with Crippen LogP contribution < -0.4 is 14.8 Å². The van der Waals surface area contributed by atoms with Crippen molar-refractivity contribution in [3.63, 3.8) is 0 Å². The lowest BCUT2D eigenvalue weighted by Gasteiger charge is -2.13. The molecule has 0 unspecified atom stereocenters. The molecular weight excluding hydrogens is 372 g/mol. The molecule has 142 valence electrons. The molecule has 8 heteroatoms. The Balaban J connectivity index is 2.10. The highest BCUT2D eigenvalue weighted by molar-refractivity contribution is 6.32. The number of halogens is 1. The van der Waals surface area contributed by atoms with Gasteiger partial charge in [-0.3, -0.25) is 14.9 Å². The molecule has 0 aromatic heterocycles. The van der Waals surface area contributed by atoms with Gasteiger partial charge < -0.3 is 14.8 Å². The molecule has 2 aromatic rings. The Bertz CT molecular complexity index is 880. The average Bonchev–Trinajstić information content (AvgIpc) is 2.61. The van der Waals surface area contributed by atoms with E-state index < -0.39 is 10.8 Å². The van der Waals surface area contributed by atoms with Gasteiger partial charge in [-0.05, 0) is 49.8 Å². The Hall–Kier alpha value is -3.06. The Morgan fingerprint density at radius 1 is 1.22 bits per heavy atom. The maximum absolute atomic E-state index is 12.1. The van der Waals surface area contributed by atoms with Gasteiger partial charge in [0.05, 0.1) is 18.1 Å². The molecule has 0 aliphatic carbocycles. The first-order chi connectivity index (χ1) is 12.8. The lowest BCUT2D eigenvalue weighted by molar-refractivity contribution is -0.384. The van der Waals surface area contributed by atoms with E-state index in [1.807, 2.05) is 13.8 Å².